The summed E-state index contributed by atoms with van der Waals surface area (Å²) in [6.07, 6.45) is 0.265. The molecule has 0 aliphatic heterocycles. The minimum Gasteiger partial charge on any atom is -0.489 e. The second-order valence-corrected chi connectivity index (χ2v) is 8.31. The number of hydrogen-bond donors (Lipinski definition) is 1. The summed E-state index contributed by atoms with van der Waals surface area (Å²) in [5.41, 5.74) is 4.67. The summed E-state index contributed by atoms with van der Waals surface area (Å²) in [7, 11) is 0. The molecule has 0 saturated heterocycles. The molecule has 0 radical (unpaired) electrons. The molecule has 33 heavy (non-hydrogen) atoms. The van der Waals surface area contributed by atoms with Gasteiger partial charge in [0, 0.05) is 5.02 Å². The third-order valence-corrected chi connectivity index (χ3v) is 5.75. The highest BCUT2D eigenvalue weighted by Gasteiger charge is 2.17. The molecule has 168 valence electrons. The van der Waals surface area contributed by atoms with Crippen molar-refractivity contribution in [3.63, 3.8) is 0 Å². The minimum absolute atomic E-state index is 0.0665. The molecule has 6 heteroatoms. The lowest BCUT2D eigenvalue weighted by molar-refractivity contribution is -0.120. The van der Waals surface area contributed by atoms with E-state index in [1.165, 1.54) is 0 Å². The van der Waals surface area contributed by atoms with Gasteiger partial charge in [0.25, 0.3) is 0 Å². The molecule has 0 saturated carbocycles. The number of hydrogen-bond acceptors (Lipinski definition) is 4. The van der Waals surface area contributed by atoms with Gasteiger partial charge in [0.15, 0.2) is 0 Å². The van der Waals surface area contributed by atoms with Gasteiger partial charge in [0.2, 0.25) is 5.91 Å². The lowest BCUT2D eigenvalue weighted by atomic mass is 9.98. The Bertz CT molecular complexity index is 1180. The van der Waals surface area contributed by atoms with Crippen LogP contribution in [0, 0.1) is 13.8 Å². The maximum absolute atomic E-state index is 12.9. The smallest absolute Gasteiger partial charge is 0.225 e. The molecule has 3 aromatic carbocycles. The van der Waals surface area contributed by atoms with Gasteiger partial charge in [-0.3, -0.25) is 4.79 Å². The van der Waals surface area contributed by atoms with E-state index in [0.29, 0.717) is 11.6 Å². The van der Waals surface area contributed by atoms with Gasteiger partial charge < -0.3 is 14.6 Å². The second-order valence-electron chi connectivity index (χ2n) is 7.87. The second kappa shape index (κ2) is 10.4. The van der Waals surface area contributed by atoms with E-state index in [4.69, 9.17) is 20.9 Å². The quantitative estimate of drug-likeness (QED) is 0.351. The first kappa shape index (κ1) is 22.6. The van der Waals surface area contributed by atoms with Gasteiger partial charge in [-0.2, -0.15) is 0 Å². The maximum Gasteiger partial charge on any atom is 0.225 e. The molecule has 0 spiro atoms. The number of nitrogens with zero attached hydrogens (tertiary/aromatic N) is 1. The lowest BCUT2D eigenvalue weighted by Gasteiger charge is -2.20. The Hall–Kier alpha value is -3.57. The van der Waals surface area contributed by atoms with Gasteiger partial charge in [0.1, 0.15) is 18.1 Å². The van der Waals surface area contributed by atoms with Crippen LogP contribution >= 0.6 is 11.6 Å². The number of aromatic nitrogens is 1. The van der Waals surface area contributed by atoms with E-state index >= 15 is 0 Å². The molecule has 1 amide bonds. The minimum atomic E-state index is -0.256. The fourth-order valence-electron chi connectivity index (χ4n) is 3.62. The highest BCUT2D eigenvalue weighted by Crippen LogP contribution is 2.24. The van der Waals surface area contributed by atoms with Crippen LogP contribution in [0.1, 0.15) is 39.7 Å². The molecule has 1 atom stereocenters. The van der Waals surface area contributed by atoms with E-state index in [1.54, 1.807) is 0 Å². The van der Waals surface area contributed by atoms with Crippen LogP contribution in [-0.2, 0) is 17.8 Å². The fourth-order valence-corrected chi connectivity index (χ4v) is 3.75. The van der Waals surface area contributed by atoms with Crippen LogP contribution in [0.5, 0.6) is 5.75 Å². The van der Waals surface area contributed by atoms with Crippen molar-refractivity contribution in [2.75, 3.05) is 0 Å². The molecule has 0 aliphatic carbocycles. The Labute approximate surface area is 198 Å². The lowest BCUT2D eigenvalue weighted by Crippen LogP contribution is -2.30. The maximum atomic E-state index is 12.9. The van der Waals surface area contributed by atoms with Crippen LogP contribution in [0.4, 0.5) is 0 Å². The van der Waals surface area contributed by atoms with Crippen LogP contribution in [0.2, 0.25) is 5.02 Å². The Morgan fingerprint density at radius 1 is 0.970 bits per heavy atom. The third-order valence-electron chi connectivity index (χ3n) is 5.49. The predicted molar refractivity (Wildman–Crippen MR) is 128 cm³/mol. The summed E-state index contributed by atoms with van der Waals surface area (Å²) in [6.45, 7) is 4.15. The summed E-state index contributed by atoms with van der Waals surface area (Å²) < 4.78 is 11.0. The molecule has 4 rings (SSSR count). The predicted octanol–water partition coefficient (Wildman–Crippen LogP) is 5.97. The largest absolute Gasteiger partial charge is 0.489 e. The van der Waals surface area contributed by atoms with Crippen LogP contribution in [0.25, 0.3) is 0 Å². The molecule has 0 unspecified atom stereocenters. The molecule has 1 aromatic heterocycles. The Balaban J connectivity index is 1.40. The molecular formula is C27H25ClN2O3. The Morgan fingerprint density at radius 3 is 2.27 bits per heavy atom. The van der Waals surface area contributed by atoms with Crippen LogP contribution < -0.4 is 10.1 Å². The standard InChI is InChI=1S/C27H25ClN2O3/c1-18-25(19(2)33-30-18)17-32-24-14-8-20(9-15-24)16-26(31)29-27(21-6-4-3-5-7-21)22-10-12-23(28)13-11-22/h3-15,27H,16-17H2,1-2H3,(H,29,31)/t27-/m0/s1. The number of carbonyl (C=O) groups excluding carboxylic acids is 1. The van der Waals surface area contributed by atoms with E-state index in [-0.39, 0.29) is 18.4 Å². The molecule has 5 nitrogen and oxygen atoms in total. The zero-order valence-corrected chi connectivity index (χ0v) is 19.3. The van der Waals surface area contributed by atoms with Crippen molar-refractivity contribution in [3.05, 3.63) is 118 Å². The summed E-state index contributed by atoms with van der Waals surface area (Å²) >= 11 is 6.05. The molecular weight excluding hydrogens is 436 g/mol. The van der Waals surface area contributed by atoms with E-state index in [0.717, 1.165) is 39.5 Å². The van der Waals surface area contributed by atoms with Gasteiger partial charge in [0.05, 0.1) is 23.7 Å². The van der Waals surface area contributed by atoms with Crippen molar-refractivity contribution in [3.8, 4) is 5.75 Å². The van der Waals surface area contributed by atoms with Crippen LogP contribution in [0.15, 0.2) is 83.4 Å². The number of benzene rings is 3. The zero-order valence-electron chi connectivity index (χ0n) is 18.5. The average molecular weight is 461 g/mol. The SMILES string of the molecule is Cc1noc(C)c1COc1ccc(CC(=O)N[C@@H](c2ccccc2)c2ccc(Cl)cc2)cc1. The molecule has 1 heterocycles. The van der Waals surface area contributed by atoms with Gasteiger partial charge in [-0.25, -0.2) is 0 Å². The highest BCUT2D eigenvalue weighted by molar-refractivity contribution is 6.30. The fraction of sp³-hybridized carbons (Fsp3) is 0.185. The van der Waals surface area contributed by atoms with E-state index < -0.39 is 0 Å². The molecule has 4 aromatic rings. The van der Waals surface area contributed by atoms with Crippen molar-refractivity contribution in [1.82, 2.24) is 10.5 Å². The monoisotopic (exact) mass is 460 g/mol. The average Bonchev–Trinajstić information content (AvgIpc) is 3.15. The number of rotatable bonds is 8. The summed E-state index contributed by atoms with van der Waals surface area (Å²) in [4.78, 5) is 12.9. The summed E-state index contributed by atoms with van der Waals surface area (Å²) in [5, 5.41) is 7.76. The third kappa shape index (κ3) is 5.82. The molecule has 0 aliphatic rings. The molecule has 0 bridgehead atoms. The number of carbonyl (C=O) groups is 1. The van der Waals surface area contributed by atoms with Gasteiger partial charge in [-0.05, 0) is 54.8 Å². The Morgan fingerprint density at radius 2 is 1.64 bits per heavy atom. The number of ether oxygens (including phenoxy) is 1. The van der Waals surface area contributed by atoms with E-state index in [9.17, 15) is 4.79 Å². The van der Waals surface area contributed by atoms with Crippen molar-refractivity contribution < 1.29 is 14.1 Å². The topological polar surface area (TPSA) is 64.4 Å². The van der Waals surface area contributed by atoms with Crippen LogP contribution in [0.3, 0.4) is 0 Å². The number of nitrogens with one attached hydrogen (secondary N) is 1. The van der Waals surface area contributed by atoms with Gasteiger partial charge in [-0.15, -0.1) is 0 Å². The summed E-state index contributed by atoms with van der Waals surface area (Å²) in [6, 6.07) is 24.7. The first-order valence-electron chi connectivity index (χ1n) is 10.7. The van der Waals surface area contributed by atoms with E-state index in [2.05, 4.69) is 10.5 Å². The number of aryl methyl sites for hydroxylation is 2. The van der Waals surface area contributed by atoms with E-state index in [1.807, 2.05) is 92.7 Å². The van der Waals surface area contributed by atoms with Crippen LogP contribution in [-0.4, -0.2) is 11.1 Å². The number of halogens is 1. The Kier molecular flexibility index (Phi) is 7.10. The van der Waals surface area contributed by atoms with Crippen molar-refractivity contribution in [2.45, 2.75) is 32.9 Å². The van der Waals surface area contributed by atoms with Gasteiger partial charge in [-0.1, -0.05) is 71.4 Å². The summed E-state index contributed by atoms with van der Waals surface area (Å²) in [5.74, 6) is 1.42. The molecule has 0 fully saturated rings. The van der Waals surface area contributed by atoms with Crippen molar-refractivity contribution in [2.24, 2.45) is 0 Å². The first-order valence-corrected chi connectivity index (χ1v) is 11.1. The first-order chi connectivity index (χ1) is 16.0. The van der Waals surface area contributed by atoms with Crippen molar-refractivity contribution >= 4 is 17.5 Å². The highest BCUT2D eigenvalue weighted by atomic mass is 35.5. The van der Waals surface area contributed by atoms with Gasteiger partial charge >= 0.3 is 0 Å². The number of amides is 1. The normalized spacial score (nSPS) is 11.7. The molecule has 1 N–H and O–H groups in total. The zero-order chi connectivity index (χ0) is 23.2. The van der Waals surface area contributed by atoms with Crippen molar-refractivity contribution in [1.29, 1.82) is 0 Å².